The lowest BCUT2D eigenvalue weighted by Crippen LogP contribution is -2.36. The summed E-state index contributed by atoms with van der Waals surface area (Å²) in [6, 6.07) is 10.7. The van der Waals surface area contributed by atoms with Gasteiger partial charge in [-0.3, -0.25) is 4.57 Å². The van der Waals surface area contributed by atoms with Crippen LogP contribution < -0.4 is 5.32 Å². The molecule has 1 aromatic carbocycles. The molecule has 1 aliphatic heterocycles. The van der Waals surface area contributed by atoms with Gasteiger partial charge in [-0.1, -0.05) is 18.2 Å². The van der Waals surface area contributed by atoms with Crippen molar-refractivity contribution < 1.29 is 4.74 Å². The fraction of sp³-hybridized carbons (Fsp3) is 0.471. The van der Waals surface area contributed by atoms with E-state index < -0.39 is 0 Å². The normalized spacial score (nSPS) is 19.8. The molecule has 2 heterocycles. The van der Waals surface area contributed by atoms with Crippen molar-refractivity contribution in [3.8, 4) is 5.69 Å². The minimum absolute atomic E-state index is 0.346. The number of hydrogen-bond donors (Lipinski definition) is 1. The van der Waals surface area contributed by atoms with Gasteiger partial charge in [0.25, 0.3) is 0 Å². The lowest BCUT2D eigenvalue weighted by atomic mass is 10.1. The summed E-state index contributed by atoms with van der Waals surface area (Å²) >= 11 is 0. The van der Waals surface area contributed by atoms with Crippen molar-refractivity contribution >= 4 is 0 Å². The average molecular weight is 285 g/mol. The van der Waals surface area contributed by atoms with Crippen molar-refractivity contribution in [3.05, 3.63) is 48.0 Å². The van der Waals surface area contributed by atoms with Crippen molar-refractivity contribution in [1.82, 2.24) is 14.9 Å². The van der Waals surface area contributed by atoms with Gasteiger partial charge in [-0.15, -0.1) is 0 Å². The average Bonchev–Trinajstić information content (AvgIpc) is 3.15. The van der Waals surface area contributed by atoms with E-state index in [0.717, 1.165) is 31.1 Å². The predicted octanol–water partition coefficient (Wildman–Crippen LogP) is 2.84. The molecule has 1 saturated heterocycles. The first-order valence-electron chi connectivity index (χ1n) is 7.69. The van der Waals surface area contributed by atoms with Crippen molar-refractivity contribution in [2.45, 2.75) is 45.4 Å². The van der Waals surface area contributed by atoms with Crippen molar-refractivity contribution in [3.63, 3.8) is 0 Å². The van der Waals surface area contributed by atoms with Crippen LogP contribution in [-0.4, -0.2) is 28.3 Å². The Hall–Kier alpha value is -1.65. The van der Waals surface area contributed by atoms with Crippen LogP contribution in [0.15, 0.2) is 36.5 Å². The number of rotatable bonds is 5. The lowest BCUT2D eigenvalue weighted by Gasteiger charge is -2.20. The number of ether oxygens (including phenoxy) is 1. The molecule has 4 nitrogen and oxygen atoms in total. The molecule has 2 aromatic rings. The highest BCUT2D eigenvalue weighted by Gasteiger charge is 2.22. The number of hydrogen-bond acceptors (Lipinski definition) is 3. The standard InChI is InChI=1S/C17H23N3O/c1-13(17-9-6-10-21-17)18-11-16-12-19-14(2)20(16)15-7-4-3-5-8-15/h3-5,7-8,12-13,17-18H,6,9-11H2,1-2H3. The second kappa shape index (κ2) is 6.41. The molecule has 3 rings (SSSR count). The van der Waals surface area contributed by atoms with Crippen molar-refractivity contribution in [2.75, 3.05) is 6.61 Å². The van der Waals surface area contributed by atoms with E-state index in [1.165, 1.54) is 12.1 Å². The van der Waals surface area contributed by atoms with Crippen LogP contribution in [0.1, 0.15) is 31.3 Å². The Labute approximate surface area is 126 Å². The molecule has 1 fully saturated rings. The molecule has 1 N–H and O–H groups in total. The topological polar surface area (TPSA) is 39.1 Å². The Morgan fingerprint density at radius 3 is 2.90 bits per heavy atom. The summed E-state index contributed by atoms with van der Waals surface area (Å²) in [5, 5.41) is 3.58. The Bertz CT molecular complexity index is 573. The molecule has 2 atom stereocenters. The molecule has 2 unspecified atom stereocenters. The van der Waals surface area contributed by atoms with Gasteiger partial charge in [0, 0.05) is 24.9 Å². The fourth-order valence-corrected chi connectivity index (χ4v) is 2.94. The van der Waals surface area contributed by atoms with Gasteiger partial charge in [-0.2, -0.15) is 0 Å². The highest BCUT2D eigenvalue weighted by molar-refractivity contribution is 5.35. The van der Waals surface area contributed by atoms with E-state index in [-0.39, 0.29) is 0 Å². The zero-order valence-corrected chi connectivity index (χ0v) is 12.7. The summed E-state index contributed by atoms with van der Waals surface area (Å²) < 4.78 is 7.94. The van der Waals surface area contributed by atoms with Crippen LogP contribution in [0.4, 0.5) is 0 Å². The first kappa shape index (κ1) is 14.3. The molecular formula is C17H23N3O. The Morgan fingerprint density at radius 2 is 2.19 bits per heavy atom. The van der Waals surface area contributed by atoms with Crippen LogP contribution in [0, 0.1) is 6.92 Å². The highest BCUT2D eigenvalue weighted by Crippen LogP contribution is 2.17. The number of aryl methyl sites for hydroxylation is 1. The quantitative estimate of drug-likeness (QED) is 0.918. The number of nitrogens with zero attached hydrogens (tertiary/aromatic N) is 2. The van der Waals surface area contributed by atoms with Crippen LogP contribution in [0.3, 0.4) is 0 Å². The summed E-state index contributed by atoms with van der Waals surface area (Å²) in [6.07, 6.45) is 4.64. The monoisotopic (exact) mass is 285 g/mol. The van der Waals surface area contributed by atoms with Gasteiger partial charge in [0.2, 0.25) is 0 Å². The molecule has 1 aliphatic rings. The third-order valence-electron chi connectivity index (χ3n) is 4.15. The predicted molar refractivity (Wildman–Crippen MR) is 83.6 cm³/mol. The summed E-state index contributed by atoms with van der Waals surface area (Å²) in [7, 11) is 0. The first-order valence-corrected chi connectivity index (χ1v) is 7.69. The molecule has 0 saturated carbocycles. The zero-order valence-electron chi connectivity index (χ0n) is 12.7. The van der Waals surface area contributed by atoms with Crippen LogP contribution in [-0.2, 0) is 11.3 Å². The van der Waals surface area contributed by atoms with E-state index in [1.54, 1.807) is 0 Å². The maximum atomic E-state index is 5.74. The van der Waals surface area contributed by atoms with Crippen LogP contribution in [0.25, 0.3) is 5.69 Å². The number of para-hydroxylation sites is 1. The van der Waals surface area contributed by atoms with E-state index in [1.807, 2.05) is 19.2 Å². The molecule has 1 aromatic heterocycles. The third-order valence-corrected chi connectivity index (χ3v) is 4.15. The Morgan fingerprint density at radius 1 is 1.38 bits per heavy atom. The van der Waals surface area contributed by atoms with Crippen LogP contribution in [0.2, 0.25) is 0 Å². The summed E-state index contributed by atoms with van der Waals surface area (Å²) in [4.78, 5) is 4.46. The van der Waals surface area contributed by atoms with E-state index in [9.17, 15) is 0 Å². The van der Waals surface area contributed by atoms with Gasteiger partial charge >= 0.3 is 0 Å². The highest BCUT2D eigenvalue weighted by atomic mass is 16.5. The minimum Gasteiger partial charge on any atom is -0.377 e. The molecular weight excluding hydrogens is 262 g/mol. The molecule has 21 heavy (non-hydrogen) atoms. The van der Waals surface area contributed by atoms with E-state index in [0.29, 0.717) is 12.1 Å². The molecule has 0 aliphatic carbocycles. The first-order chi connectivity index (χ1) is 10.3. The molecule has 0 radical (unpaired) electrons. The number of imidazole rings is 1. The van der Waals surface area contributed by atoms with Crippen molar-refractivity contribution in [2.24, 2.45) is 0 Å². The third kappa shape index (κ3) is 3.17. The summed E-state index contributed by atoms with van der Waals surface area (Å²) in [6.45, 7) is 5.95. The SMILES string of the molecule is Cc1ncc(CNC(C)C2CCCO2)n1-c1ccccc1. The maximum Gasteiger partial charge on any atom is 0.110 e. The Kier molecular flexibility index (Phi) is 4.36. The minimum atomic E-state index is 0.346. The number of benzene rings is 1. The second-order valence-electron chi connectivity index (χ2n) is 5.69. The fourth-order valence-electron chi connectivity index (χ4n) is 2.94. The molecule has 112 valence electrons. The van der Waals surface area contributed by atoms with Gasteiger partial charge in [-0.25, -0.2) is 4.98 Å². The summed E-state index contributed by atoms with van der Waals surface area (Å²) in [5.74, 6) is 1.02. The van der Waals surface area contributed by atoms with Gasteiger partial charge in [-0.05, 0) is 38.8 Å². The number of aromatic nitrogens is 2. The van der Waals surface area contributed by atoms with E-state index >= 15 is 0 Å². The van der Waals surface area contributed by atoms with Crippen LogP contribution >= 0.6 is 0 Å². The molecule has 0 spiro atoms. The van der Waals surface area contributed by atoms with Gasteiger partial charge in [0.1, 0.15) is 5.82 Å². The van der Waals surface area contributed by atoms with Gasteiger partial charge < -0.3 is 10.1 Å². The molecule has 4 heteroatoms. The summed E-state index contributed by atoms with van der Waals surface area (Å²) in [5.41, 5.74) is 2.35. The second-order valence-corrected chi connectivity index (χ2v) is 5.69. The molecule has 0 amide bonds. The maximum absolute atomic E-state index is 5.74. The largest absolute Gasteiger partial charge is 0.377 e. The van der Waals surface area contributed by atoms with Crippen molar-refractivity contribution in [1.29, 1.82) is 0 Å². The molecule has 0 bridgehead atoms. The van der Waals surface area contributed by atoms with Crippen LogP contribution in [0.5, 0.6) is 0 Å². The Balaban J connectivity index is 1.71. The van der Waals surface area contributed by atoms with Gasteiger partial charge in [0.15, 0.2) is 0 Å². The van der Waals surface area contributed by atoms with E-state index in [2.05, 4.69) is 46.1 Å². The zero-order chi connectivity index (χ0) is 14.7. The number of nitrogens with one attached hydrogen (secondary N) is 1. The van der Waals surface area contributed by atoms with Gasteiger partial charge in [0.05, 0.1) is 18.0 Å². The van der Waals surface area contributed by atoms with E-state index in [4.69, 9.17) is 4.74 Å². The lowest BCUT2D eigenvalue weighted by molar-refractivity contribution is 0.0830. The smallest absolute Gasteiger partial charge is 0.110 e.